The molecule has 1 aromatic heterocycles. The Morgan fingerprint density at radius 2 is 1.83 bits per heavy atom. The van der Waals surface area contributed by atoms with Gasteiger partial charge in [0.2, 0.25) is 5.95 Å². The lowest BCUT2D eigenvalue weighted by molar-refractivity contribution is -0.113. The minimum Gasteiger partial charge on any atom is -0.495 e. The monoisotopic (exact) mass is 482 g/mol. The highest BCUT2D eigenvalue weighted by atomic mass is 16.5. The van der Waals surface area contributed by atoms with Crippen molar-refractivity contribution in [1.82, 2.24) is 9.55 Å². The van der Waals surface area contributed by atoms with Crippen LogP contribution in [0.4, 0.5) is 11.6 Å². The lowest BCUT2D eigenvalue weighted by Crippen LogP contribution is -2.31. The molecule has 1 amide bonds. The molecule has 0 bridgehead atoms. The van der Waals surface area contributed by atoms with Crippen molar-refractivity contribution >= 4 is 28.6 Å². The van der Waals surface area contributed by atoms with Crippen molar-refractivity contribution in [2.45, 2.75) is 19.4 Å². The van der Waals surface area contributed by atoms with Gasteiger partial charge in [-0.25, -0.2) is 4.98 Å². The van der Waals surface area contributed by atoms with E-state index in [1.54, 1.807) is 7.11 Å². The van der Waals surface area contributed by atoms with Crippen molar-refractivity contribution in [3.8, 4) is 17.2 Å². The zero-order chi connectivity index (χ0) is 24.6. The van der Waals surface area contributed by atoms with Gasteiger partial charge in [0, 0.05) is 12.1 Å². The maximum absolute atomic E-state index is 13.9. The van der Waals surface area contributed by atoms with Gasteiger partial charge in [-0.2, -0.15) is 0 Å². The highest BCUT2D eigenvalue weighted by Crippen LogP contribution is 2.42. The van der Waals surface area contributed by atoms with Crippen molar-refractivity contribution in [3.05, 3.63) is 83.6 Å². The van der Waals surface area contributed by atoms with Crippen molar-refractivity contribution in [2.75, 3.05) is 31.0 Å². The van der Waals surface area contributed by atoms with E-state index in [9.17, 15) is 4.79 Å². The molecule has 0 radical (unpaired) electrons. The van der Waals surface area contributed by atoms with Crippen LogP contribution in [0.3, 0.4) is 0 Å². The molecule has 3 heterocycles. The van der Waals surface area contributed by atoms with Crippen molar-refractivity contribution in [3.63, 3.8) is 0 Å². The molecule has 1 unspecified atom stereocenters. The van der Waals surface area contributed by atoms with Crippen LogP contribution < -0.4 is 24.8 Å². The van der Waals surface area contributed by atoms with Gasteiger partial charge in [0.15, 0.2) is 11.5 Å². The van der Waals surface area contributed by atoms with Gasteiger partial charge in [0.05, 0.1) is 48.7 Å². The molecule has 0 aliphatic carbocycles. The predicted octanol–water partition coefficient (Wildman–Crippen LogP) is 5.13. The van der Waals surface area contributed by atoms with Gasteiger partial charge >= 0.3 is 0 Å². The third kappa shape index (κ3) is 3.71. The first-order valence-corrected chi connectivity index (χ1v) is 11.9. The molecule has 0 spiro atoms. The Kier molecular flexibility index (Phi) is 5.48. The van der Waals surface area contributed by atoms with Gasteiger partial charge in [-0.05, 0) is 48.9 Å². The number of imidazole rings is 1. The number of hydrogen-bond acceptors (Lipinski definition) is 6. The van der Waals surface area contributed by atoms with Crippen LogP contribution in [-0.4, -0.2) is 35.8 Å². The number of carbonyl (C=O) groups excluding carboxylic acids is 1. The summed E-state index contributed by atoms with van der Waals surface area (Å²) in [7, 11) is 1.59. The normalized spacial score (nSPS) is 16.7. The topological polar surface area (TPSA) is 86.6 Å². The number of carbonyl (C=O) groups is 1. The van der Waals surface area contributed by atoms with E-state index >= 15 is 0 Å². The zero-order valence-electron chi connectivity index (χ0n) is 20.1. The number of para-hydroxylation sites is 4. The van der Waals surface area contributed by atoms with Gasteiger partial charge in [-0.1, -0.05) is 30.3 Å². The molecule has 0 fully saturated rings. The molecule has 0 saturated carbocycles. The molecular weight excluding hydrogens is 456 g/mol. The third-order valence-corrected chi connectivity index (χ3v) is 6.52. The number of ether oxygens (including phenoxy) is 3. The number of hydrogen-bond donors (Lipinski definition) is 2. The summed E-state index contributed by atoms with van der Waals surface area (Å²) in [5, 5.41) is 6.40. The maximum atomic E-state index is 13.9. The minimum absolute atomic E-state index is 0.231. The Bertz CT molecular complexity index is 1510. The van der Waals surface area contributed by atoms with E-state index in [0.717, 1.165) is 28.7 Å². The minimum atomic E-state index is -0.444. The number of methoxy groups -OCH3 is 1. The molecule has 1 atom stereocenters. The highest BCUT2D eigenvalue weighted by Gasteiger charge is 2.35. The molecule has 182 valence electrons. The van der Waals surface area contributed by atoms with Crippen LogP contribution >= 0.6 is 0 Å². The van der Waals surface area contributed by atoms with E-state index in [4.69, 9.17) is 19.2 Å². The predicted molar refractivity (Wildman–Crippen MR) is 138 cm³/mol. The largest absolute Gasteiger partial charge is 0.495 e. The first-order chi connectivity index (χ1) is 17.6. The Hall–Kier alpha value is -4.46. The number of nitrogens with zero attached hydrogens (tertiary/aromatic N) is 2. The number of anilines is 2. The van der Waals surface area contributed by atoms with E-state index in [2.05, 4.69) is 15.2 Å². The Morgan fingerprint density at radius 1 is 1.06 bits per heavy atom. The fourth-order valence-corrected chi connectivity index (χ4v) is 4.86. The molecule has 0 saturated heterocycles. The standard InChI is InChI=1S/C28H26N4O4/c1-17-25(27(33)30-20-9-4-6-11-22(20)34-2)26(18-12-13-23-24(16-18)36-15-7-14-35-23)32-21-10-5-3-8-19(21)31-28(32)29-17/h3-6,8-13,16,26H,7,14-15H2,1-2H3,(H,29,31)(H,30,33). The van der Waals surface area contributed by atoms with Crippen LogP contribution in [0.1, 0.15) is 24.9 Å². The molecule has 36 heavy (non-hydrogen) atoms. The Morgan fingerprint density at radius 3 is 2.69 bits per heavy atom. The van der Waals surface area contributed by atoms with Gasteiger partial charge in [0.25, 0.3) is 5.91 Å². The van der Waals surface area contributed by atoms with Crippen molar-refractivity contribution < 1.29 is 19.0 Å². The van der Waals surface area contributed by atoms with Crippen LogP contribution in [0.25, 0.3) is 11.0 Å². The smallest absolute Gasteiger partial charge is 0.255 e. The van der Waals surface area contributed by atoms with Crippen molar-refractivity contribution in [1.29, 1.82) is 0 Å². The number of allylic oxidation sites excluding steroid dienone is 1. The summed E-state index contributed by atoms with van der Waals surface area (Å²) in [4.78, 5) is 18.7. The molecule has 4 aromatic rings. The average Bonchev–Trinajstić information content (AvgIpc) is 3.09. The average molecular weight is 483 g/mol. The maximum Gasteiger partial charge on any atom is 0.255 e. The number of amides is 1. The number of fused-ring (bicyclic) bond motifs is 4. The van der Waals surface area contributed by atoms with Gasteiger partial charge in [-0.15, -0.1) is 0 Å². The summed E-state index contributed by atoms with van der Waals surface area (Å²) in [6.45, 7) is 3.09. The molecule has 3 aromatic carbocycles. The second-order valence-corrected chi connectivity index (χ2v) is 8.77. The van der Waals surface area contributed by atoms with Crippen LogP contribution in [-0.2, 0) is 4.79 Å². The highest BCUT2D eigenvalue weighted by molar-refractivity contribution is 6.07. The number of aromatic nitrogens is 2. The second-order valence-electron chi connectivity index (χ2n) is 8.77. The van der Waals surface area contributed by atoms with E-state index in [-0.39, 0.29) is 5.91 Å². The molecular formula is C28H26N4O4. The van der Waals surface area contributed by atoms with Gasteiger partial charge < -0.3 is 24.8 Å². The molecule has 2 N–H and O–H groups in total. The Labute approximate surface area is 208 Å². The first-order valence-electron chi connectivity index (χ1n) is 11.9. The van der Waals surface area contributed by atoms with Crippen LogP contribution in [0.5, 0.6) is 17.2 Å². The zero-order valence-corrected chi connectivity index (χ0v) is 20.1. The lowest BCUT2D eigenvalue weighted by atomic mass is 9.94. The van der Waals surface area contributed by atoms with E-state index in [1.807, 2.05) is 73.7 Å². The molecule has 2 aliphatic heterocycles. The molecule has 2 aliphatic rings. The fourth-order valence-electron chi connectivity index (χ4n) is 4.86. The summed E-state index contributed by atoms with van der Waals surface area (Å²) >= 11 is 0. The fraction of sp³-hybridized carbons (Fsp3) is 0.214. The number of benzene rings is 3. The summed E-state index contributed by atoms with van der Waals surface area (Å²) < 4.78 is 19.4. The molecule has 8 nitrogen and oxygen atoms in total. The summed E-state index contributed by atoms with van der Waals surface area (Å²) in [5.74, 6) is 2.43. The van der Waals surface area contributed by atoms with E-state index in [0.29, 0.717) is 47.7 Å². The lowest BCUT2D eigenvalue weighted by Gasteiger charge is -2.31. The Balaban J connectivity index is 1.50. The summed E-state index contributed by atoms with van der Waals surface area (Å²) in [5.41, 5.74) is 4.57. The van der Waals surface area contributed by atoms with Gasteiger partial charge in [0.1, 0.15) is 5.75 Å². The van der Waals surface area contributed by atoms with Crippen LogP contribution in [0, 0.1) is 0 Å². The third-order valence-electron chi connectivity index (χ3n) is 6.52. The van der Waals surface area contributed by atoms with Crippen LogP contribution in [0.15, 0.2) is 78.0 Å². The SMILES string of the molecule is COc1ccccc1NC(=O)C1=C(C)Nc2nc3ccccc3n2C1c1ccc2c(c1)OCCCO2. The van der Waals surface area contributed by atoms with Crippen LogP contribution in [0.2, 0.25) is 0 Å². The number of nitrogens with one attached hydrogen (secondary N) is 2. The van der Waals surface area contributed by atoms with Crippen molar-refractivity contribution in [2.24, 2.45) is 0 Å². The second kappa shape index (κ2) is 8.96. The molecule has 6 rings (SSSR count). The first kappa shape index (κ1) is 22.0. The van der Waals surface area contributed by atoms with E-state index < -0.39 is 6.04 Å². The quantitative estimate of drug-likeness (QED) is 0.419. The summed E-state index contributed by atoms with van der Waals surface area (Å²) in [6, 6.07) is 20.7. The molecule has 8 heteroatoms. The summed E-state index contributed by atoms with van der Waals surface area (Å²) in [6.07, 6.45) is 0.819. The van der Waals surface area contributed by atoms with Gasteiger partial charge in [-0.3, -0.25) is 9.36 Å². The van der Waals surface area contributed by atoms with E-state index in [1.165, 1.54) is 0 Å². The number of rotatable bonds is 4.